The maximum atomic E-state index is 10.4. The summed E-state index contributed by atoms with van der Waals surface area (Å²) in [4.78, 5) is 10.4. The second-order valence-electron chi connectivity index (χ2n) is 2.37. The van der Waals surface area contributed by atoms with E-state index in [1.165, 1.54) is 0 Å². The quantitative estimate of drug-likeness (QED) is 0.544. The van der Waals surface area contributed by atoms with Gasteiger partial charge < -0.3 is 15.3 Å². The molecule has 0 aromatic carbocycles. The van der Waals surface area contributed by atoms with Crippen LogP contribution in [0.25, 0.3) is 0 Å². The third-order valence-electron chi connectivity index (χ3n) is 1.48. The van der Waals surface area contributed by atoms with Gasteiger partial charge in [-0.1, -0.05) is 13.3 Å². The molecule has 0 saturated heterocycles. The van der Waals surface area contributed by atoms with E-state index >= 15 is 0 Å². The lowest BCUT2D eigenvalue weighted by Gasteiger charge is -2.14. The molecular formula is C7H13O4. The van der Waals surface area contributed by atoms with Crippen molar-refractivity contribution >= 4 is 5.97 Å². The maximum Gasteiger partial charge on any atom is 0.309 e. The summed E-state index contributed by atoms with van der Waals surface area (Å²) in [5, 5.41) is 25.8. The van der Waals surface area contributed by atoms with Crippen molar-refractivity contribution in [2.24, 2.45) is 5.92 Å². The number of hydrogen-bond acceptors (Lipinski definition) is 3. The second-order valence-corrected chi connectivity index (χ2v) is 2.37. The van der Waals surface area contributed by atoms with E-state index in [2.05, 4.69) is 0 Å². The zero-order chi connectivity index (χ0) is 8.85. The van der Waals surface area contributed by atoms with Gasteiger partial charge in [0, 0.05) is 0 Å². The summed E-state index contributed by atoms with van der Waals surface area (Å²) in [6.07, 6.45) is -0.220. The van der Waals surface area contributed by atoms with Crippen LogP contribution in [0.3, 0.4) is 0 Å². The van der Waals surface area contributed by atoms with Gasteiger partial charge in [-0.2, -0.15) is 0 Å². The van der Waals surface area contributed by atoms with Crippen molar-refractivity contribution in [1.82, 2.24) is 0 Å². The van der Waals surface area contributed by atoms with Crippen molar-refractivity contribution in [3.8, 4) is 0 Å². The second kappa shape index (κ2) is 5.09. The molecule has 0 fully saturated rings. The molecule has 4 heteroatoms. The number of aliphatic carboxylic acids is 1. The highest BCUT2D eigenvalue weighted by atomic mass is 16.4. The van der Waals surface area contributed by atoms with Crippen molar-refractivity contribution in [3.63, 3.8) is 0 Å². The molecule has 2 atom stereocenters. The minimum atomic E-state index is -1.26. The Morgan fingerprint density at radius 2 is 2.18 bits per heavy atom. The number of carboxylic acids is 1. The summed E-state index contributed by atoms with van der Waals surface area (Å²) in [5.74, 6) is -1.96. The number of hydrogen-bond donors (Lipinski definition) is 3. The summed E-state index contributed by atoms with van der Waals surface area (Å²) < 4.78 is 0. The standard InChI is InChI=1S/C7H13O4/c1-2-3-5(7(10)11)6(9)4-8/h4-6,8-9H,2-3H2,1H3,(H,10,11). The smallest absolute Gasteiger partial charge is 0.309 e. The van der Waals surface area contributed by atoms with Crippen molar-refractivity contribution in [3.05, 3.63) is 6.61 Å². The molecule has 3 N–H and O–H groups in total. The molecule has 0 aliphatic carbocycles. The predicted molar refractivity (Wildman–Crippen MR) is 38.3 cm³/mol. The fraction of sp³-hybridized carbons (Fsp3) is 0.714. The number of rotatable bonds is 5. The molecule has 0 spiro atoms. The highest BCUT2D eigenvalue weighted by Gasteiger charge is 2.24. The largest absolute Gasteiger partial charge is 0.481 e. The number of carboxylic acid groups (broad SMARTS) is 1. The predicted octanol–water partition coefficient (Wildman–Crippen LogP) is 0.382. The average Bonchev–Trinajstić information content (AvgIpc) is 1.98. The highest BCUT2D eigenvalue weighted by molar-refractivity contribution is 5.70. The van der Waals surface area contributed by atoms with Crippen LogP contribution in [0.5, 0.6) is 0 Å². The molecule has 0 amide bonds. The van der Waals surface area contributed by atoms with E-state index in [-0.39, 0.29) is 0 Å². The topological polar surface area (TPSA) is 77.8 Å². The molecular weight excluding hydrogens is 148 g/mol. The number of aliphatic hydroxyl groups excluding tert-OH is 2. The Balaban J connectivity index is 3.97. The van der Waals surface area contributed by atoms with Crippen molar-refractivity contribution < 1.29 is 20.1 Å². The van der Waals surface area contributed by atoms with Crippen LogP contribution >= 0.6 is 0 Å². The van der Waals surface area contributed by atoms with Gasteiger partial charge in [0.1, 0.15) is 6.61 Å². The Bertz CT molecular complexity index is 124. The van der Waals surface area contributed by atoms with Crippen LogP contribution in [-0.4, -0.2) is 27.4 Å². The van der Waals surface area contributed by atoms with E-state index in [0.29, 0.717) is 19.4 Å². The van der Waals surface area contributed by atoms with E-state index < -0.39 is 18.0 Å². The molecule has 2 unspecified atom stereocenters. The van der Waals surface area contributed by atoms with Crippen LogP contribution in [0.2, 0.25) is 0 Å². The summed E-state index contributed by atoms with van der Waals surface area (Å²) in [7, 11) is 0. The summed E-state index contributed by atoms with van der Waals surface area (Å²) in [6.45, 7) is 2.33. The SMILES string of the molecule is CCCC(C(=O)O)C(O)[CH]O. The lowest BCUT2D eigenvalue weighted by molar-refractivity contribution is -0.146. The van der Waals surface area contributed by atoms with Gasteiger partial charge >= 0.3 is 5.97 Å². The Morgan fingerprint density at radius 3 is 2.45 bits per heavy atom. The van der Waals surface area contributed by atoms with Gasteiger partial charge in [0.2, 0.25) is 0 Å². The van der Waals surface area contributed by atoms with Crippen LogP contribution in [0.1, 0.15) is 19.8 Å². The van der Waals surface area contributed by atoms with E-state index in [1.807, 2.05) is 6.92 Å². The van der Waals surface area contributed by atoms with E-state index in [0.717, 1.165) is 0 Å². The minimum Gasteiger partial charge on any atom is -0.481 e. The molecule has 4 nitrogen and oxygen atoms in total. The number of aliphatic hydroxyl groups is 2. The van der Waals surface area contributed by atoms with Crippen LogP contribution in [0, 0.1) is 12.5 Å². The van der Waals surface area contributed by atoms with Crippen molar-refractivity contribution in [2.45, 2.75) is 25.9 Å². The third kappa shape index (κ3) is 3.34. The fourth-order valence-electron chi connectivity index (χ4n) is 0.855. The van der Waals surface area contributed by atoms with Gasteiger partial charge in [-0.15, -0.1) is 0 Å². The molecule has 11 heavy (non-hydrogen) atoms. The van der Waals surface area contributed by atoms with E-state index in [1.54, 1.807) is 0 Å². The molecule has 0 aromatic heterocycles. The van der Waals surface area contributed by atoms with Gasteiger partial charge in [0.25, 0.3) is 0 Å². The molecule has 0 aliphatic heterocycles. The third-order valence-corrected chi connectivity index (χ3v) is 1.48. The zero-order valence-electron chi connectivity index (χ0n) is 6.40. The lowest BCUT2D eigenvalue weighted by atomic mass is 9.98. The average molecular weight is 161 g/mol. The summed E-state index contributed by atoms with van der Waals surface area (Å²) >= 11 is 0. The summed E-state index contributed by atoms with van der Waals surface area (Å²) in [6, 6.07) is 0. The Morgan fingerprint density at radius 1 is 1.64 bits per heavy atom. The first-order chi connectivity index (χ1) is 5.13. The number of carbonyl (C=O) groups is 1. The molecule has 0 aromatic rings. The molecule has 0 rings (SSSR count). The van der Waals surface area contributed by atoms with E-state index in [4.69, 9.17) is 15.3 Å². The maximum absolute atomic E-state index is 10.4. The van der Waals surface area contributed by atoms with Crippen LogP contribution in [0.15, 0.2) is 0 Å². The first-order valence-corrected chi connectivity index (χ1v) is 3.51. The fourth-order valence-corrected chi connectivity index (χ4v) is 0.855. The highest BCUT2D eigenvalue weighted by Crippen LogP contribution is 2.12. The van der Waals surface area contributed by atoms with Gasteiger partial charge in [0.05, 0.1) is 12.0 Å². The normalized spacial score (nSPS) is 15.9. The summed E-state index contributed by atoms with van der Waals surface area (Å²) in [5.41, 5.74) is 0. The Hall–Kier alpha value is -0.610. The zero-order valence-corrected chi connectivity index (χ0v) is 6.40. The van der Waals surface area contributed by atoms with Gasteiger partial charge in [-0.25, -0.2) is 0 Å². The van der Waals surface area contributed by atoms with Crippen LogP contribution in [0.4, 0.5) is 0 Å². The first kappa shape index (κ1) is 10.4. The first-order valence-electron chi connectivity index (χ1n) is 3.51. The van der Waals surface area contributed by atoms with E-state index in [9.17, 15) is 4.79 Å². The molecule has 0 bridgehead atoms. The molecule has 1 radical (unpaired) electrons. The molecule has 65 valence electrons. The Kier molecular flexibility index (Phi) is 4.81. The van der Waals surface area contributed by atoms with Crippen molar-refractivity contribution in [1.29, 1.82) is 0 Å². The lowest BCUT2D eigenvalue weighted by Crippen LogP contribution is -2.28. The van der Waals surface area contributed by atoms with Crippen LogP contribution in [-0.2, 0) is 4.79 Å². The molecule has 0 heterocycles. The van der Waals surface area contributed by atoms with Gasteiger partial charge in [-0.3, -0.25) is 4.79 Å². The molecule has 0 aliphatic rings. The van der Waals surface area contributed by atoms with Crippen molar-refractivity contribution in [2.75, 3.05) is 0 Å². The Labute approximate surface area is 65.5 Å². The minimum absolute atomic E-state index is 0.369. The van der Waals surface area contributed by atoms with Gasteiger partial charge in [0.15, 0.2) is 0 Å². The van der Waals surface area contributed by atoms with Gasteiger partial charge in [-0.05, 0) is 6.42 Å². The molecule has 0 saturated carbocycles. The monoisotopic (exact) mass is 161 g/mol. The van der Waals surface area contributed by atoms with Crippen LogP contribution < -0.4 is 0 Å².